The van der Waals surface area contributed by atoms with E-state index >= 15 is 0 Å². The molecule has 0 aromatic rings. The molecule has 0 saturated heterocycles. The Morgan fingerprint density at radius 3 is 2.67 bits per heavy atom. The van der Waals surface area contributed by atoms with Gasteiger partial charge in [-0.15, -0.1) is 0 Å². The van der Waals surface area contributed by atoms with Gasteiger partial charge in [0.15, 0.2) is 0 Å². The summed E-state index contributed by atoms with van der Waals surface area (Å²) in [6.07, 6.45) is 3.12. The summed E-state index contributed by atoms with van der Waals surface area (Å²) < 4.78 is 9.58. The van der Waals surface area contributed by atoms with E-state index in [1.807, 2.05) is 6.92 Å². The molecule has 0 aliphatic carbocycles. The third-order valence-electron chi connectivity index (χ3n) is 1.23. The zero-order chi connectivity index (χ0) is 9.40. The number of carbonyl (C=O) groups is 1. The van der Waals surface area contributed by atoms with Crippen LogP contribution >= 0.6 is 0 Å². The summed E-state index contributed by atoms with van der Waals surface area (Å²) in [4.78, 5) is 11.0. The Labute approximate surface area is 72.7 Å². The van der Waals surface area contributed by atoms with E-state index in [0.717, 1.165) is 0 Å². The molecule has 0 unspecified atom stereocenters. The summed E-state index contributed by atoms with van der Waals surface area (Å²) >= 11 is 0. The summed E-state index contributed by atoms with van der Waals surface area (Å²) in [7, 11) is 1.34. The first-order valence-electron chi connectivity index (χ1n) is 3.73. The topological polar surface area (TPSA) is 35.5 Å². The SMILES string of the molecule is C=CC=C(COCC)C(=O)OC. The lowest BCUT2D eigenvalue weighted by atomic mass is 10.2. The van der Waals surface area contributed by atoms with E-state index in [0.29, 0.717) is 12.2 Å². The zero-order valence-electron chi connectivity index (χ0n) is 7.50. The molecule has 0 aliphatic rings. The molecule has 3 nitrogen and oxygen atoms in total. The molecule has 0 amide bonds. The van der Waals surface area contributed by atoms with Crippen LogP contribution < -0.4 is 0 Å². The van der Waals surface area contributed by atoms with Gasteiger partial charge in [-0.3, -0.25) is 0 Å². The number of ether oxygens (including phenoxy) is 2. The average Bonchev–Trinajstić information content (AvgIpc) is 2.11. The van der Waals surface area contributed by atoms with Gasteiger partial charge in [-0.1, -0.05) is 18.7 Å². The fourth-order valence-electron chi connectivity index (χ4n) is 0.660. The summed E-state index contributed by atoms with van der Waals surface area (Å²) in [5.74, 6) is -0.372. The minimum atomic E-state index is -0.372. The molecule has 0 rings (SSSR count). The number of carbonyl (C=O) groups excluding carboxylic acids is 1. The normalized spacial score (nSPS) is 11.0. The van der Waals surface area contributed by atoms with E-state index in [1.165, 1.54) is 13.2 Å². The monoisotopic (exact) mass is 170 g/mol. The maximum Gasteiger partial charge on any atom is 0.336 e. The predicted octanol–water partition coefficient (Wildman–Crippen LogP) is 1.31. The second-order valence-corrected chi connectivity index (χ2v) is 2.06. The molecule has 0 aromatic heterocycles. The van der Waals surface area contributed by atoms with Gasteiger partial charge in [0.25, 0.3) is 0 Å². The van der Waals surface area contributed by atoms with Crippen LogP contribution in [0.2, 0.25) is 0 Å². The Balaban J connectivity index is 4.13. The number of hydrogen-bond donors (Lipinski definition) is 0. The van der Waals surface area contributed by atoms with Crippen LogP contribution in [0, 0.1) is 0 Å². The second kappa shape index (κ2) is 6.61. The lowest BCUT2D eigenvalue weighted by Crippen LogP contribution is -2.10. The zero-order valence-corrected chi connectivity index (χ0v) is 7.50. The van der Waals surface area contributed by atoms with Gasteiger partial charge >= 0.3 is 5.97 Å². The Morgan fingerprint density at radius 1 is 1.58 bits per heavy atom. The number of allylic oxidation sites excluding steroid dienone is 2. The van der Waals surface area contributed by atoms with Crippen molar-refractivity contribution in [2.24, 2.45) is 0 Å². The second-order valence-electron chi connectivity index (χ2n) is 2.06. The van der Waals surface area contributed by atoms with Gasteiger partial charge in [0, 0.05) is 6.61 Å². The van der Waals surface area contributed by atoms with Gasteiger partial charge in [-0.25, -0.2) is 4.79 Å². The molecule has 0 heterocycles. The Bertz CT molecular complexity index is 182. The van der Waals surface area contributed by atoms with Crippen LogP contribution in [0.1, 0.15) is 6.92 Å². The van der Waals surface area contributed by atoms with Gasteiger partial charge in [-0.05, 0) is 6.92 Å². The first-order chi connectivity index (χ1) is 5.76. The Morgan fingerprint density at radius 2 is 2.25 bits per heavy atom. The van der Waals surface area contributed by atoms with Crippen molar-refractivity contribution in [2.75, 3.05) is 20.3 Å². The van der Waals surface area contributed by atoms with Crippen LogP contribution in [0.25, 0.3) is 0 Å². The first-order valence-corrected chi connectivity index (χ1v) is 3.73. The molecule has 0 aliphatic heterocycles. The lowest BCUT2D eigenvalue weighted by Gasteiger charge is -2.03. The number of methoxy groups -OCH3 is 1. The average molecular weight is 170 g/mol. The van der Waals surface area contributed by atoms with Gasteiger partial charge in [0.05, 0.1) is 19.3 Å². The Hall–Kier alpha value is -1.09. The molecule has 0 radical (unpaired) electrons. The fourth-order valence-corrected chi connectivity index (χ4v) is 0.660. The molecular formula is C9H14O3. The van der Waals surface area contributed by atoms with Crippen molar-refractivity contribution in [3.63, 3.8) is 0 Å². The number of hydrogen-bond acceptors (Lipinski definition) is 3. The third-order valence-corrected chi connectivity index (χ3v) is 1.23. The van der Waals surface area contributed by atoms with Gasteiger partial charge < -0.3 is 9.47 Å². The first kappa shape index (κ1) is 10.9. The summed E-state index contributed by atoms with van der Waals surface area (Å²) in [5, 5.41) is 0. The third kappa shape index (κ3) is 3.93. The van der Waals surface area contributed by atoms with Crippen molar-refractivity contribution in [3.05, 3.63) is 24.3 Å². The van der Waals surface area contributed by atoms with Gasteiger partial charge in [-0.2, -0.15) is 0 Å². The summed E-state index contributed by atoms with van der Waals surface area (Å²) in [5.41, 5.74) is 0.481. The van der Waals surface area contributed by atoms with Crippen molar-refractivity contribution >= 4 is 5.97 Å². The van der Waals surface area contributed by atoms with Crippen molar-refractivity contribution in [3.8, 4) is 0 Å². The van der Waals surface area contributed by atoms with Crippen LogP contribution in [-0.4, -0.2) is 26.3 Å². The maximum absolute atomic E-state index is 11.0. The predicted molar refractivity (Wildman–Crippen MR) is 46.8 cm³/mol. The lowest BCUT2D eigenvalue weighted by molar-refractivity contribution is -0.136. The van der Waals surface area contributed by atoms with Crippen LogP contribution in [0.5, 0.6) is 0 Å². The Kier molecular flexibility index (Phi) is 6.01. The highest BCUT2D eigenvalue weighted by Gasteiger charge is 2.07. The van der Waals surface area contributed by atoms with Crippen molar-refractivity contribution in [2.45, 2.75) is 6.92 Å². The standard InChI is InChI=1S/C9H14O3/c1-4-6-8(7-12-5-2)9(10)11-3/h4,6H,1,5,7H2,2-3H3. The van der Waals surface area contributed by atoms with Crippen molar-refractivity contribution < 1.29 is 14.3 Å². The molecule has 0 atom stereocenters. The molecule has 0 spiro atoms. The van der Waals surface area contributed by atoms with E-state index < -0.39 is 0 Å². The minimum absolute atomic E-state index is 0.273. The molecule has 0 bridgehead atoms. The largest absolute Gasteiger partial charge is 0.466 e. The van der Waals surface area contributed by atoms with Crippen LogP contribution in [0.3, 0.4) is 0 Å². The number of esters is 1. The molecular weight excluding hydrogens is 156 g/mol. The van der Waals surface area contributed by atoms with Gasteiger partial charge in [0.2, 0.25) is 0 Å². The molecule has 3 heteroatoms. The smallest absolute Gasteiger partial charge is 0.336 e. The van der Waals surface area contributed by atoms with Crippen LogP contribution in [0.4, 0.5) is 0 Å². The van der Waals surface area contributed by atoms with Crippen molar-refractivity contribution in [1.82, 2.24) is 0 Å². The van der Waals surface area contributed by atoms with E-state index in [2.05, 4.69) is 11.3 Å². The van der Waals surface area contributed by atoms with E-state index in [4.69, 9.17) is 4.74 Å². The minimum Gasteiger partial charge on any atom is -0.466 e. The maximum atomic E-state index is 11.0. The molecule has 0 saturated carbocycles. The highest BCUT2D eigenvalue weighted by Crippen LogP contribution is 1.98. The molecule has 0 N–H and O–H groups in total. The number of rotatable bonds is 5. The molecule has 12 heavy (non-hydrogen) atoms. The van der Waals surface area contributed by atoms with Crippen molar-refractivity contribution in [1.29, 1.82) is 0 Å². The quantitative estimate of drug-likeness (QED) is 0.354. The van der Waals surface area contributed by atoms with E-state index in [9.17, 15) is 4.79 Å². The summed E-state index contributed by atoms with van der Waals surface area (Å²) in [6, 6.07) is 0. The van der Waals surface area contributed by atoms with Gasteiger partial charge in [0.1, 0.15) is 0 Å². The van der Waals surface area contributed by atoms with Crippen LogP contribution in [0.15, 0.2) is 24.3 Å². The highest BCUT2D eigenvalue weighted by atomic mass is 16.5. The molecule has 0 fully saturated rings. The molecule has 68 valence electrons. The summed E-state index contributed by atoms with van der Waals surface area (Å²) in [6.45, 7) is 6.20. The fraction of sp³-hybridized carbons (Fsp3) is 0.444. The molecule has 0 aromatic carbocycles. The van der Waals surface area contributed by atoms with E-state index in [1.54, 1.807) is 6.08 Å². The van der Waals surface area contributed by atoms with E-state index in [-0.39, 0.29) is 12.6 Å². The van der Waals surface area contributed by atoms with Crippen LogP contribution in [-0.2, 0) is 14.3 Å². The highest BCUT2D eigenvalue weighted by molar-refractivity contribution is 5.88.